The van der Waals surface area contributed by atoms with Gasteiger partial charge in [0.15, 0.2) is 9.84 Å². The molecule has 11 heteroatoms. The molecule has 2 aromatic carbocycles. The highest BCUT2D eigenvalue weighted by Gasteiger charge is 2.18. The van der Waals surface area contributed by atoms with E-state index in [-0.39, 0.29) is 35.3 Å². The maximum absolute atomic E-state index is 12.4. The van der Waals surface area contributed by atoms with Crippen LogP contribution >= 0.6 is 0 Å². The van der Waals surface area contributed by atoms with Gasteiger partial charge in [-0.3, -0.25) is 9.59 Å². The topological polar surface area (TPSA) is 165 Å². The van der Waals surface area contributed by atoms with Crippen molar-refractivity contribution in [2.75, 3.05) is 12.3 Å². The molecule has 3 rings (SSSR count). The second kappa shape index (κ2) is 12.9. The number of aliphatic hydroxyl groups is 1. The molecular formula is C25H30N4O6S. The van der Waals surface area contributed by atoms with E-state index < -0.39 is 21.8 Å². The molecule has 1 aromatic heterocycles. The molecule has 36 heavy (non-hydrogen) atoms. The zero-order valence-corrected chi connectivity index (χ0v) is 20.6. The Morgan fingerprint density at radius 3 is 2.47 bits per heavy atom. The largest absolute Gasteiger partial charge is 0.418 e. The monoisotopic (exact) mass is 514 g/mol. The summed E-state index contributed by atoms with van der Waals surface area (Å²) in [6.07, 6.45) is 1.52. The third-order valence-electron chi connectivity index (χ3n) is 5.52. The van der Waals surface area contributed by atoms with Crippen LogP contribution in [-0.2, 0) is 20.4 Å². The second-order valence-corrected chi connectivity index (χ2v) is 10.6. The van der Waals surface area contributed by atoms with Crippen LogP contribution in [0.3, 0.4) is 0 Å². The molecule has 0 aliphatic rings. The minimum atomic E-state index is -3.59. The van der Waals surface area contributed by atoms with Gasteiger partial charge in [0, 0.05) is 24.1 Å². The van der Waals surface area contributed by atoms with Gasteiger partial charge in [0.2, 0.25) is 23.6 Å². The van der Waals surface area contributed by atoms with E-state index >= 15 is 0 Å². The van der Waals surface area contributed by atoms with Crippen LogP contribution < -0.4 is 11.1 Å². The lowest BCUT2D eigenvalue weighted by molar-refractivity contribution is -0.120. The Bertz CT molecular complexity index is 1260. The Hall–Kier alpha value is -3.57. The molecule has 1 heterocycles. The molecule has 192 valence electrons. The van der Waals surface area contributed by atoms with Crippen LogP contribution in [0, 0.1) is 0 Å². The summed E-state index contributed by atoms with van der Waals surface area (Å²) in [5.74, 6) is -1.21. The number of unbranched alkanes of at least 4 members (excludes halogenated alkanes) is 2. The summed E-state index contributed by atoms with van der Waals surface area (Å²) in [6, 6.07) is 15.5. The summed E-state index contributed by atoms with van der Waals surface area (Å²) in [7, 11) is -3.59. The van der Waals surface area contributed by atoms with Crippen LogP contribution in [0.5, 0.6) is 0 Å². The standard InChI is InChI=1S/C25H30N4O6S/c26-23(32)20-12-7-6-11-19(20)17-36(33,34)16-14-22(31)27-15-8-2-5-13-21(30)25-29-28-24(35-25)18-9-3-1-4-10-18/h1,3-4,6-7,9-12,21,30H,2,5,8,13-17H2,(H2,26,32)(H,27,31). The van der Waals surface area contributed by atoms with Gasteiger partial charge in [-0.1, -0.05) is 49.2 Å². The Labute approximate surface area is 209 Å². The fourth-order valence-corrected chi connectivity index (χ4v) is 4.96. The highest BCUT2D eigenvalue weighted by molar-refractivity contribution is 7.90. The number of nitrogens with two attached hydrogens (primary N) is 1. The number of carbonyl (C=O) groups is 2. The molecule has 10 nitrogen and oxygen atoms in total. The fraction of sp³-hybridized carbons (Fsp3) is 0.360. The van der Waals surface area contributed by atoms with Crippen molar-refractivity contribution in [2.45, 2.75) is 44.0 Å². The van der Waals surface area contributed by atoms with Crippen LogP contribution in [-0.4, -0.2) is 47.8 Å². The van der Waals surface area contributed by atoms with Gasteiger partial charge in [0.25, 0.3) is 0 Å². The van der Waals surface area contributed by atoms with Gasteiger partial charge < -0.3 is 20.6 Å². The van der Waals surface area contributed by atoms with Crippen molar-refractivity contribution in [1.29, 1.82) is 0 Å². The van der Waals surface area contributed by atoms with E-state index in [2.05, 4.69) is 15.5 Å². The summed E-state index contributed by atoms with van der Waals surface area (Å²) in [4.78, 5) is 23.5. The average molecular weight is 515 g/mol. The summed E-state index contributed by atoms with van der Waals surface area (Å²) < 4.78 is 30.3. The minimum absolute atomic E-state index is 0.159. The zero-order chi connectivity index (χ0) is 26.0. The summed E-state index contributed by atoms with van der Waals surface area (Å²) in [5.41, 5.74) is 6.55. The Morgan fingerprint density at radius 2 is 1.72 bits per heavy atom. The lowest BCUT2D eigenvalue weighted by Crippen LogP contribution is -2.27. The van der Waals surface area contributed by atoms with Gasteiger partial charge in [-0.25, -0.2) is 8.42 Å². The molecule has 0 bridgehead atoms. The molecule has 4 N–H and O–H groups in total. The lowest BCUT2D eigenvalue weighted by Gasteiger charge is -2.09. The van der Waals surface area contributed by atoms with Crippen molar-refractivity contribution < 1.29 is 27.5 Å². The van der Waals surface area contributed by atoms with Crippen molar-refractivity contribution in [2.24, 2.45) is 5.73 Å². The minimum Gasteiger partial charge on any atom is -0.418 e. The van der Waals surface area contributed by atoms with Gasteiger partial charge in [-0.05, 0) is 36.6 Å². The number of aliphatic hydroxyl groups excluding tert-OH is 1. The molecule has 0 saturated carbocycles. The number of nitrogens with one attached hydrogen (secondary N) is 1. The summed E-state index contributed by atoms with van der Waals surface area (Å²) in [6.45, 7) is 0.401. The molecule has 0 radical (unpaired) electrons. The fourth-order valence-electron chi connectivity index (χ4n) is 3.59. The predicted octanol–water partition coefficient (Wildman–Crippen LogP) is 2.55. The van der Waals surface area contributed by atoms with Crippen LogP contribution in [0.2, 0.25) is 0 Å². The zero-order valence-electron chi connectivity index (χ0n) is 19.8. The van der Waals surface area contributed by atoms with E-state index in [1.54, 1.807) is 12.1 Å². The van der Waals surface area contributed by atoms with Crippen molar-refractivity contribution in [3.8, 4) is 11.5 Å². The first kappa shape index (κ1) is 27.0. The summed E-state index contributed by atoms with van der Waals surface area (Å²) in [5, 5.41) is 20.9. The van der Waals surface area contributed by atoms with E-state index in [1.165, 1.54) is 12.1 Å². The number of rotatable bonds is 14. The molecule has 0 aliphatic heterocycles. The van der Waals surface area contributed by atoms with E-state index in [0.29, 0.717) is 37.3 Å². The number of aromatic nitrogens is 2. The normalized spacial score (nSPS) is 12.2. The number of nitrogens with zero attached hydrogens (tertiary/aromatic N) is 2. The molecule has 3 aromatic rings. The smallest absolute Gasteiger partial charge is 0.249 e. The molecular weight excluding hydrogens is 484 g/mol. The third kappa shape index (κ3) is 8.28. The van der Waals surface area contributed by atoms with E-state index in [1.807, 2.05) is 30.3 Å². The number of amides is 2. The van der Waals surface area contributed by atoms with Crippen LogP contribution in [0.1, 0.15) is 60.0 Å². The van der Waals surface area contributed by atoms with E-state index in [9.17, 15) is 23.1 Å². The van der Waals surface area contributed by atoms with Gasteiger partial charge in [0.1, 0.15) is 6.10 Å². The lowest BCUT2D eigenvalue weighted by atomic mass is 10.1. The van der Waals surface area contributed by atoms with Crippen molar-refractivity contribution in [3.05, 3.63) is 71.6 Å². The van der Waals surface area contributed by atoms with Crippen LogP contribution in [0.25, 0.3) is 11.5 Å². The molecule has 0 saturated heterocycles. The third-order valence-corrected chi connectivity index (χ3v) is 7.10. The Morgan fingerprint density at radius 1 is 1.00 bits per heavy atom. The van der Waals surface area contributed by atoms with Gasteiger partial charge >= 0.3 is 0 Å². The summed E-state index contributed by atoms with van der Waals surface area (Å²) >= 11 is 0. The molecule has 0 aliphatic carbocycles. The Balaban J connectivity index is 1.31. The molecule has 1 atom stereocenters. The highest BCUT2D eigenvalue weighted by atomic mass is 32.2. The number of sulfone groups is 1. The first-order valence-corrected chi connectivity index (χ1v) is 13.5. The molecule has 0 fully saturated rings. The second-order valence-electron chi connectivity index (χ2n) is 8.39. The van der Waals surface area contributed by atoms with Gasteiger partial charge in [-0.15, -0.1) is 10.2 Å². The van der Waals surface area contributed by atoms with E-state index in [0.717, 1.165) is 12.0 Å². The predicted molar refractivity (Wildman–Crippen MR) is 133 cm³/mol. The maximum atomic E-state index is 12.4. The number of benzene rings is 2. The van der Waals surface area contributed by atoms with Crippen molar-refractivity contribution in [3.63, 3.8) is 0 Å². The average Bonchev–Trinajstić information content (AvgIpc) is 3.36. The maximum Gasteiger partial charge on any atom is 0.249 e. The van der Waals surface area contributed by atoms with Crippen molar-refractivity contribution in [1.82, 2.24) is 15.5 Å². The quantitative estimate of drug-likeness (QED) is 0.276. The number of primary amides is 1. The first-order valence-electron chi connectivity index (χ1n) is 11.7. The number of carbonyl (C=O) groups excluding carboxylic acids is 2. The Kier molecular flexibility index (Phi) is 9.71. The first-order chi connectivity index (χ1) is 17.2. The van der Waals surface area contributed by atoms with E-state index in [4.69, 9.17) is 10.2 Å². The van der Waals surface area contributed by atoms with Crippen LogP contribution in [0.4, 0.5) is 0 Å². The SMILES string of the molecule is NC(=O)c1ccccc1CS(=O)(=O)CCC(=O)NCCCCCC(O)c1nnc(-c2ccccc2)o1. The highest BCUT2D eigenvalue weighted by Crippen LogP contribution is 2.23. The molecule has 2 amide bonds. The van der Waals surface area contributed by atoms with Crippen LogP contribution in [0.15, 0.2) is 59.0 Å². The molecule has 0 spiro atoms. The number of hydrogen-bond acceptors (Lipinski definition) is 8. The number of hydrogen-bond donors (Lipinski definition) is 3. The van der Waals surface area contributed by atoms with Gasteiger partial charge in [-0.2, -0.15) is 0 Å². The van der Waals surface area contributed by atoms with Crippen molar-refractivity contribution >= 4 is 21.7 Å². The van der Waals surface area contributed by atoms with Gasteiger partial charge in [0.05, 0.1) is 11.5 Å². The molecule has 1 unspecified atom stereocenters.